The summed E-state index contributed by atoms with van der Waals surface area (Å²) in [6.07, 6.45) is 0.900. The van der Waals surface area contributed by atoms with Gasteiger partial charge in [0.2, 0.25) is 11.6 Å². The van der Waals surface area contributed by atoms with Gasteiger partial charge in [-0.15, -0.1) is 0 Å². The summed E-state index contributed by atoms with van der Waals surface area (Å²) in [6, 6.07) is 11.4. The molecule has 0 aliphatic carbocycles. The van der Waals surface area contributed by atoms with E-state index in [-0.39, 0.29) is 17.5 Å². The Balaban J connectivity index is 1.85. The number of carbonyl (C=O) groups is 2. The first kappa shape index (κ1) is 15.6. The van der Waals surface area contributed by atoms with Gasteiger partial charge in [-0.3, -0.25) is 9.59 Å². The maximum absolute atomic E-state index is 13.1. The van der Waals surface area contributed by atoms with Crippen LogP contribution < -0.4 is 10.6 Å². The van der Waals surface area contributed by atoms with E-state index < -0.39 is 0 Å². The van der Waals surface area contributed by atoms with Crippen molar-refractivity contribution in [2.75, 3.05) is 10.6 Å². The Morgan fingerprint density at radius 3 is 2.28 bits per heavy atom. The molecule has 0 amide bonds. The van der Waals surface area contributed by atoms with Crippen molar-refractivity contribution >= 4 is 22.9 Å². The Morgan fingerprint density at radius 1 is 0.920 bits per heavy atom. The smallest absolute Gasteiger partial charge is 0.213 e. The molecule has 2 heterocycles. The van der Waals surface area contributed by atoms with E-state index >= 15 is 0 Å². The maximum atomic E-state index is 13.1. The summed E-state index contributed by atoms with van der Waals surface area (Å²) >= 11 is 0. The third-order valence-electron chi connectivity index (χ3n) is 4.88. The van der Waals surface area contributed by atoms with Crippen molar-refractivity contribution in [3.8, 4) is 0 Å². The normalized spacial score (nSPS) is 18.2. The Kier molecular flexibility index (Phi) is 3.49. The molecule has 2 N–H and O–H groups in total. The van der Waals surface area contributed by atoms with Crippen LogP contribution in [0, 0.1) is 0 Å². The van der Waals surface area contributed by atoms with Gasteiger partial charge in [0.05, 0.1) is 11.3 Å². The third kappa shape index (κ3) is 2.29. The van der Waals surface area contributed by atoms with Crippen LogP contribution in [0.3, 0.4) is 0 Å². The number of aryl methyl sites for hydroxylation is 1. The minimum Gasteiger partial charge on any atom is -0.350 e. The minimum atomic E-state index is -0.138. The molecule has 0 unspecified atom stereocenters. The van der Waals surface area contributed by atoms with Gasteiger partial charge in [-0.25, -0.2) is 0 Å². The minimum absolute atomic E-state index is 0.106. The summed E-state index contributed by atoms with van der Waals surface area (Å²) in [5, 5.41) is 6.32. The average molecular weight is 332 g/mol. The molecule has 0 fully saturated rings. The highest BCUT2D eigenvalue weighted by atomic mass is 16.1. The predicted molar refractivity (Wildman–Crippen MR) is 99.3 cm³/mol. The van der Waals surface area contributed by atoms with Crippen LogP contribution >= 0.6 is 0 Å². The zero-order chi connectivity index (χ0) is 17.7. The van der Waals surface area contributed by atoms with E-state index in [9.17, 15) is 9.59 Å². The molecule has 4 heteroatoms. The van der Waals surface area contributed by atoms with Crippen molar-refractivity contribution in [3.05, 3.63) is 70.0 Å². The lowest BCUT2D eigenvalue weighted by Gasteiger charge is -2.12. The molecule has 4 rings (SSSR count). The lowest BCUT2D eigenvalue weighted by Crippen LogP contribution is -2.13. The van der Waals surface area contributed by atoms with E-state index in [1.807, 2.05) is 24.3 Å². The first-order valence-corrected chi connectivity index (χ1v) is 8.64. The van der Waals surface area contributed by atoms with Gasteiger partial charge in [-0.05, 0) is 41.7 Å². The maximum Gasteiger partial charge on any atom is 0.213 e. The second kappa shape index (κ2) is 5.59. The first-order valence-electron chi connectivity index (χ1n) is 8.64. The fourth-order valence-electron chi connectivity index (χ4n) is 3.52. The fourth-order valence-corrected chi connectivity index (χ4v) is 3.52. The lowest BCUT2D eigenvalue weighted by molar-refractivity contribution is 0.101. The van der Waals surface area contributed by atoms with Gasteiger partial charge in [-0.1, -0.05) is 39.0 Å². The molecule has 0 saturated carbocycles. The summed E-state index contributed by atoms with van der Waals surface area (Å²) in [6.45, 7) is 6.27. The number of para-hydroxylation sites is 1. The number of Topliss-reactive ketones (excluding diaryl/α,β-unsaturated/α-hetero) is 2. The monoisotopic (exact) mass is 332 g/mol. The van der Waals surface area contributed by atoms with Gasteiger partial charge < -0.3 is 10.6 Å². The molecule has 2 aromatic carbocycles. The van der Waals surface area contributed by atoms with Crippen LogP contribution in [0.5, 0.6) is 0 Å². The summed E-state index contributed by atoms with van der Waals surface area (Å²) < 4.78 is 0. The van der Waals surface area contributed by atoms with Crippen LogP contribution in [0.2, 0.25) is 0 Å². The second-order valence-corrected chi connectivity index (χ2v) is 6.82. The number of anilines is 2. The number of carbonyl (C=O) groups excluding carboxylic acids is 2. The molecule has 0 aromatic heterocycles. The number of allylic oxidation sites excluding steroid dienone is 2. The summed E-state index contributed by atoms with van der Waals surface area (Å²) in [5.74, 6) is -0.00846. The fraction of sp³-hybridized carbons (Fsp3) is 0.238. The molecular weight excluding hydrogens is 312 g/mol. The Labute approximate surface area is 146 Å². The highest BCUT2D eigenvalue weighted by Gasteiger charge is 2.36. The largest absolute Gasteiger partial charge is 0.350 e. The second-order valence-electron chi connectivity index (χ2n) is 6.82. The molecule has 0 radical (unpaired) electrons. The van der Waals surface area contributed by atoms with Crippen LogP contribution in [-0.4, -0.2) is 11.6 Å². The summed E-state index contributed by atoms with van der Waals surface area (Å²) in [4.78, 5) is 25.8. The Bertz CT molecular complexity index is 954. The Morgan fingerprint density at radius 2 is 1.60 bits per heavy atom. The van der Waals surface area contributed by atoms with Crippen molar-refractivity contribution in [3.63, 3.8) is 0 Å². The zero-order valence-electron chi connectivity index (χ0n) is 14.6. The van der Waals surface area contributed by atoms with Crippen LogP contribution in [0.15, 0.2) is 47.8 Å². The van der Waals surface area contributed by atoms with Crippen LogP contribution in [0.25, 0.3) is 0 Å². The van der Waals surface area contributed by atoms with E-state index in [1.165, 1.54) is 5.56 Å². The first-order chi connectivity index (χ1) is 12.0. The van der Waals surface area contributed by atoms with Crippen molar-refractivity contribution in [1.82, 2.24) is 0 Å². The highest BCUT2D eigenvalue weighted by Crippen LogP contribution is 2.39. The van der Waals surface area contributed by atoms with E-state index in [0.29, 0.717) is 22.5 Å². The molecule has 0 spiro atoms. The van der Waals surface area contributed by atoms with Gasteiger partial charge in [0, 0.05) is 11.3 Å². The summed E-state index contributed by atoms with van der Waals surface area (Å²) in [7, 11) is 0. The molecule has 0 saturated heterocycles. The van der Waals surface area contributed by atoms with Crippen molar-refractivity contribution < 1.29 is 9.59 Å². The molecule has 126 valence electrons. The van der Waals surface area contributed by atoms with E-state index in [1.54, 1.807) is 6.07 Å². The number of nitrogens with one attached hydrogen (secondary N) is 2. The Hall–Kier alpha value is -2.88. The van der Waals surface area contributed by atoms with Crippen LogP contribution in [0.4, 0.5) is 11.4 Å². The van der Waals surface area contributed by atoms with Gasteiger partial charge in [-0.2, -0.15) is 0 Å². The quantitative estimate of drug-likeness (QED) is 0.795. The third-order valence-corrected chi connectivity index (χ3v) is 4.88. The number of fused-ring (bicyclic) bond motifs is 2. The van der Waals surface area contributed by atoms with Gasteiger partial charge in [0.25, 0.3) is 0 Å². The van der Waals surface area contributed by atoms with Gasteiger partial charge >= 0.3 is 0 Å². The molecule has 0 bridgehead atoms. The van der Waals surface area contributed by atoms with Crippen molar-refractivity contribution in [2.24, 2.45) is 0 Å². The van der Waals surface area contributed by atoms with E-state index in [2.05, 4.69) is 37.5 Å². The van der Waals surface area contributed by atoms with E-state index in [4.69, 9.17) is 0 Å². The SMILES string of the molecule is CCc1cc2c(c(C(C)C)c1)C(=O)/C(=C1\Nc3ccccc3C1=O)N2. The number of rotatable bonds is 2. The number of hydrogen-bond acceptors (Lipinski definition) is 4. The number of benzene rings is 2. The topological polar surface area (TPSA) is 58.2 Å². The van der Waals surface area contributed by atoms with Crippen molar-refractivity contribution in [1.29, 1.82) is 0 Å². The molecule has 2 aliphatic heterocycles. The summed E-state index contributed by atoms with van der Waals surface area (Å²) in [5.41, 5.74) is 5.77. The lowest BCUT2D eigenvalue weighted by atomic mass is 9.91. The standard InChI is InChI=1S/C21H20N2O2/c1-4-12-9-14(11(2)3)17-16(10-12)23-19(21(17)25)18-20(24)13-7-5-6-8-15(13)22-18/h5-11,22-23H,4H2,1-3H3/b19-18+. The molecule has 0 atom stereocenters. The molecular formula is C21H20N2O2. The highest BCUT2D eigenvalue weighted by molar-refractivity contribution is 6.27. The van der Waals surface area contributed by atoms with Crippen LogP contribution in [0.1, 0.15) is 58.5 Å². The zero-order valence-corrected chi connectivity index (χ0v) is 14.6. The number of hydrogen-bond donors (Lipinski definition) is 2. The predicted octanol–water partition coefficient (Wildman–Crippen LogP) is 4.50. The average Bonchev–Trinajstić information content (AvgIpc) is 3.12. The van der Waals surface area contributed by atoms with Gasteiger partial charge in [0.15, 0.2) is 0 Å². The molecule has 2 aliphatic rings. The number of ketones is 2. The van der Waals surface area contributed by atoms with Crippen LogP contribution in [-0.2, 0) is 6.42 Å². The van der Waals surface area contributed by atoms with Gasteiger partial charge in [0.1, 0.15) is 11.4 Å². The molecule has 2 aromatic rings. The molecule has 25 heavy (non-hydrogen) atoms. The van der Waals surface area contributed by atoms with Crippen molar-refractivity contribution in [2.45, 2.75) is 33.1 Å². The molecule has 4 nitrogen and oxygen atoms in total. The van der Waals surface area contributed by atoms with E-state index in [0.717, 1.165) is 23.4 Å².